The molecule has 0 spiro atoms. The van der Waals surface area contributed by atoms with Crippen molar-refractivity contribution in [1.82, 2.24) is 0 Å². The largest absolute Gasteiger partial charge is 0.298 e. The molecule has 1 heteroatoms. The number of hydrogen-bond donors (Lipinski definition) is 0. The lowest BCUT2D eigenvalue weighted by atomic mass is 9.65. The van der Waals surface area contributed by atoms with Gasteiger partial charge in [0.15, 0.2) is 6.29 Å². The van der Waals surface area contributed by atoms with E-state index in [4.69, 9.17) is 0 Å². The first-order chi connectivity index (χ1) is 12.3. The second-order valence-corrected chi connectivity index (χ2v) is 9.26. The maximum atomic E-state index is 11.7. The maximum Gasteiger partial charge on any atom is 0.150 e. The van der Waals surface area contributed by atoms with Gasteiger partial charge in [0.05, 0.1) is 0 Å². The molecule has 2 aromatic carbocycles. The van der Waals surface area contributed by atoms with Gasteiger partial charge in [0.25, 0.3) is 0 Å². The van der Waals surface area contributed by atoms with E-state index in [0.717, 1.165) is 59.2 Å². The molecular formula is C24H22O. The highest BCUT2D eigenvalue weighted by atomic mass is 16.1. The van der Waals surface area contributed by atoms with Crippen LogP contribution in [-0.4, -0.2) is 6.29 Å². The fourth-order valence-corrected chi connectivity index (χ4v) is 8.27. The molecule has 4 bridgehead atoms. The van der Waals surface area contributed by atoms with Gasteiger partial charge in [-0.25, -0.2) is 0 Å². The molecule has 124 valence electrons. The highest BCUT2D eigenvalue weighted by Crippen LogP contribution is 2.73. The summed E-state index contributed by atoms with van der Waals surface area (Å²) < 4.78 is 0. The fourth-order valence-electron chi connectivity index (χ4n) is 8.27. The van der Waals surface area contributed by atoms with Gasteiger partial charge in [-0.1, -0.05) is 36.4 Å². The van der Waals surface area contributed by atoms with Gasteiger partial charge in [0.1, 0.15) is 0 Å². The molecule has 0 amide bonds. The van der Waals surface area contributed by atoms with Crippen LogP contribution in [0.25, 0.3) is 10.8 Å². The lowest BCUT2D eigenvalue weighted by Crippen LogP contribution is -2.34. The Kier molecular flexibility index (Phi) is 2.27. The van der Waals surface area contributed by atoms with Crippen molar-refractivity contribution in [3.8, 4) is 0 Å². The number of benzene rings is 2. The summed E-state index contributed by atoms with van der Waals surface area (Å²) >= 11 is 0. The summed E-state index contributed by atoms with van der Waals surface area (Å²) in [6.07, 6.45) is 10.3. The monoisotopic (exact) mass is 326 g/mol. The minimum atomic E-state index is 0.764. The first-order valence-corrected chi connectivity index (χ1v) is 10.0. The Labute approximate surface area is 148 Å². The van der Waals surface area contributed by atoms with Crippen LogP contribution in [-0.2, 0) is 6.42 Å². The number of carbonyl (C=O) groups excluding carboxylic acids is 1. The molecule has 7 rings (SSSR count). The molecule has 8 unspecified atom stereocenters. The lowest BCUT2D eigenvalue weighted by Gasteiger charge is -2.39. The van der Waals surface area contributed by atoms with E-state index in [1.54, 1.807) is 5.56 Å². The van der Waals surface area contributed by atoms with Gasteiger partial charge in [-0.2, -0.15) is 0 Å². The number of fused-ring (bicyclic) bond motifs is 16. The molecule has 1 nitrogen and oxygen atoms in total. The van der Waals surface area contributed by atoms with Crippen LogP contribution < -0.4 is 0 Å². The van der Waals surface area contributed by atoms with Crippen molar-refractivity contribution in [2.24, 2.45) is 41.4 Å². The van der Waals surface area contributed by atoms with E-state index in [1.807, 2.05) is 0 Å². The van der Waals surface area contributed by atoms with Gasteiger partial charge in [-0.05, 0) is 94.6 Å². The minimum absolute atomic E-state index is 0.764. The van der Waals surface area contributed by atoms with Crippen molar-refractivity contribution in [2.45, 2.75) is 25.2 Å². The Bertz CT molecular complexity index is 969. The topological polar surface area (TPSA) is 17.1 Å². The third-order valence-corrected chi connectivity index (χ3v) is 8.71. The molecule has 0 N–H and O–H groups in total. The summed E-state index contributed by atoms with van der Waals surface area (Å²) in [5.74, 6) is 7.13. The first-order valence-electron chi connectivity index (χ1n) is 10.0. The second kappa shape index (κ2) is 4.26. The normalized spacial score (nSPS) is 44.3. The summed E-state index contributed by atoms with van der Waals surface area (Å²) in [5.41, 5.74) is 4.01. The zero-order chi connectivity index (χ0) is 16.3. The summed E-state index contributed by atoms with van der Waals surface area (Å²) in [5, 5.41) is 2.54. The third kappa shape index (κ3) is 1.39. The zero-order valence-electron chi connectivity index (χ0n) is 14.3. The van der Waals surface area contributed by atoms with Gasteiger partial charge < -0.3 is 0 Å². The van der Waals surface area contributed by atoms with Crippen molar-refractivity contribution in [2.75, 3.05) is 0 Å². The Morgan fingerprint density at radius 2 is 1.64 bits per heavy atom. The highest BCUT2D eigenvalue weighted by molar-refractivity contribution is 6.01. The van der Waals surface area contributed by atoms with Gasteiger partial charge >= 0.3 is 0 Å². The molecule has 25 heavy (non-hydrogen) atoms. The van der Waals surface area contributed by atoms with Crippen LogP contribution in [0.5, 0.6) is 0 Å². The number of aldehydes is 1. The zero-order valence-corrected chi connectivity index (χ0v) is 14.3. The molecule has 2 aromatic rings. The van der Waals surface area contributed by atoms with Crippen LogP contribution in [0.3, 0.4) is 0 Å². The van der Waals surface area contributed by atoms with Crippen molar-refractivity contribution < 1.29 is 4.79 Å². The van der Waals surface area contributed by atoms with Crippen molar-refractivity contribution in [1.29, 1.82) is 0 Å². The van der Waals surface area contributed by atoms with Crippen LogP contribution >= 0.6 is 0 Å². The van der Waals surface area contributed by atoms with Crippen molar-refractivity contribution in [3.05, 3.63) is 59.2 Å². The SMILES string of the molecule is O=Cc1cc2c(c3ccccc13)C1C(C2)C2CC1C1C3C=CC(C3)C21. The molecule has 3 saturated carbocycles. The van der Waals surface area contributed by atoms with E-state index >= 15 is 0 Å². The fraction of sp³-hybridized carbons (Fsp3) is 0.458. The number of carbonyl (C=O) groups is 1. The van der Waals surface area contributed by atoms with Gasteiger partial charge in [-0.3, -0.25) is 4.79 Å². The van der Waals surface area contributed by atoms with Crippen LogP contribution in [0, 0.1) is 41.4 Å². The standard InChI is InChI=1S/C24H22O/c25-11-15-8-14-9-18-19-10-20(22-13-6-5-12(7-13)21(19)22)24(18)23(14)17-4-2-1-3-16(15)17/h1-6,8,11-13,18-22,24H,7,9-10H2. The molecule has 5 aliphatic carbocycles. The predicted molar refractivity (Wildman–Crippen MR) is 98.6 cm³/mol. The highest BCUT2D eigenvalue weighted by Gasteiger charge is 2.66. The molecule has 3 fully saturated rings. The van der Waals surface area contributed by atoms with E-state index in [0.29, 0.717) is 0 Å². The summed E-state index contributed by atoms with van der Waals surface area (Å²) in [7, 11) is 0. The van der Waals surface area contributed by atoms with Crippen LogP contribution in [0.2, 0.25) is 0 Å². The Morgan fingerprint density at radius 1 is 0.880 bits per heavy atom. The summed E-state index contributed by atoms with van der Waals surface area (Å²) in [4.78, 5) is 11.7. The number of allylic oxidation sites excluding steroid dienone is 2. The van der Waals surface area contributed by atoms with E-state index in [1.165, 1.54) is 35.6 Å². The lowest BCUT2D eigenvalue weighted by molar-refractivity contribution is 0.112. The van der Waals surface area contributed by atoms with E-state index in [-0.39, 0.29) is 0 Å². The second-order valence-electron chi connectivity index (χ2n) is 9.26. The molecular weight excluding hydrogens is 304 g/mol. The molecule has 0 aromatic heterocycles. The number of hydrogen-bond acceptors (Lipinski definition) is 1. The van der Waals surface area contributed by atoms with E-state index in [9.17, 15) is 4.79 Å². The third-order valence-electron chi connectivity index (χ3n) is 8.71. The molecule has 0 aliphatic heterocycles. The molecule has 0 saturated heterocycles. The Balaban J connectivity index is 1.45. The quantitative estimate of drug-likeness (QED) is 0.410. The van der Waals surface area contributed by atoms with E-state index in [2.05, 4.69) is 42.5 Å². The smallest absolute Gasteiger partial charge is 0.150 e. The van der Waals surface area contributed by atoms with Gasteiger partial charge in [-0.15, -0.1) is 0 Å². The summed E-state index contributed by atoms with van der Waals surface area (Å²) in [6, 6.07) is 10.9. The molecule has 0 radical (unpaired) electrons. The van der Waals surface area contributed by atoms with Crippen LogP contribution in [0.15, 0.2) is 42.5 Å². The van der Waals surface area contributed by atoms with Crippen molar-refractivity contribution >= 4 is 17.1 Å². The maximum absolute atomic E-state index is 11.7. The van der Waals surface area contributed by atoms with Crippen LogP contribution in [0.4, 0.5) is 0 Å². The Hall–Kier alpha value is -1.89. The Morgan fingerprint density at radius 3 is 2.44 bits per heavy atom. The van der Waals surface area contributed by atoms with Crippen molar-refractivity contribution in [3.63, 3.8) is 0 Å². The molecule has 5 aliphatic rings. The predicted octanol–water partition coefficient (Wildman–Crippen LogP) is 5.00. The average molecular weight is 326 g/mol. The molecule has 0 heterocycles. The van der Waals surface area contributed by atoms with Gasteiger partial charge in [0.2, 0.25) is 0 Å². The van der Waals surface area contributed by atoms with Gasteiger partial charge in [0, 0.05) is 5.56 Å². The first kappa shape index (κ1) is 13.3. The minimum Gasteiger partial charge on any atom is -0.298 e. The summed E-state index contributed by atoms with van der Waals surface area (Å²) in [6.45, 7) is 0. The van der Waals surface area contributed by atoms with E-state index < -0.39 is 0 Å². The molecule has 8 atom stereocenters. The number of rotatable bonds is 1. The van der Waals surface area contributed by atoms with Crippen LogP contribution in [0.1, 0.15) is 40.2 Å². The average Bonchev–Trinajstić information content (AvgIpc) is 3.42.